The average Bonchev–Trinajstić information content (AvgIpc) is 1.94. The molecule has 3 heteroatoms. The second-order valence-corrected chi connectivity index (χ2v) is 2.80. The molecule has 1 saturated heterocycles. The fourth-order valence-corrected chi connectivity index (χ4v) is 1.34. The number of aliphatic hydroxyl groups excluding tert-OH is 1. The van der Waals surface area contributed by atoms with E-state index in [0.717, 1.165) is 19.5 Å². The Morgan fingerprint density at radius 1 is 1.60 bits per heavy atom. The largest absolute Gasteiger partial charge is 0.393 e. The van der Waals surface area contributed by atoms with E-state index < -0.39 is 0 Å². The normalized spacial score (nSPS) is 34.2. The van der Waals surface area contributed by atoms with Gasteiger partial charge in [0.15, 0.2) is 0 Å². The summed E-state index contributed by atoms with van der Waals surface area (Å²) in [5.41, 5.74) is 0. The second kappa shape index (κ2) is 3.88. The summed E-state index contributed by atoms with van der Waals surface area (Å²) in [7, 11) is 0. The summed E-state index contributed by atoms with van der Waals surface area (Å²) < 4.78 is 11.8. The third-order valence-electron chi connectivity index (χ3n) is 2.05. The lowest BCUT2D eigenvalue weighted by atomic mass is 9.94. The Hall–Kier alpha value is -0.150. The molecule has 0 aromatic heterocycles. The highest BCUT2D eigenvalue weighted by atomic mass is 19.1. The fourth-order valence-electron chi connectivity index (χ4n) is 1.34. The molecule has 1 fully saturated rings. The Bertz CT molecular complexity index is 97.6. The first-order chi connectivity index (χ1) is 4.84. The third kappa shape index (κ3) is 1.92. The van der Waals surface area contributed by atoms with Crippen LogP contribution in [0.1, 0.15) is 12.8 Å². The van der Waals surface area contributed by atoms with E-state index in [9.17, 15) is 9.50 Å². The fraction of sp³-hybridized carbons (Fsp3) is 1.00. The van der Waals surface area contributed by atoms with Gasteiger partial charge in [0.2, 0.25) is 0 Å². The van der Waals surface area contributed by atoms with Gasteiger partial charge in [-0.3, -0.25) is 4.39 Å². The van der Waals surface area contributed by atoms with Crippen molar-refractivity contribution in [3.05, 3.63) is 0 Å². The summed E-state index contributed by atoms with van der Waals surface area (Å²) in [6.07, 6.45) is 0.982. The van der Waals surface area contributed by atoms with Crippen LogP contribution < -0.4 is 5.32 Å². The Morgan fingerprint density at radius 2 is 2.40 bits per heavy atom. The van der Waals surface area contributed by atoms with E-state index in [2.05, 4.69) is 5.32 Å². The lowest BCUT2D eigenvalue weighted by Crippen LogP contribution is -2.39. The highest BCUT2D eigenvalue weighted by molar-refractivity contribution is 4.76. The zero-order valence-corrected chi connectivity index (χ0v) is 6.02. The van der Waals surface area contributed by atoms with Crippen LogP contribution in [-0.2, 0) is 0 Å². The predicted molar refractivity (Wildman–Crippen MR) is 37.6 cm³/mol. The van der Waals surface area contributed by atoms with Gasteiger partial charge in [0.05, 0.1) is 12.8 Å². The van der Waals surface area contributed by atoms with Gasteiger partial charge in [-0.15, -0.1) is 0 Å². The number of hydrogen-bond acceptors (Lipinski definition) is 2. The van der Waals surface area contributed by atoms with Crippen LogP contribution >= 0.6 is 0 Å². The van der Waals surface area contributed by atoms with E-state index in [1.165, 1.54) is 0 Å². The maximum Gasteiger partial charge on any atom is 0.0898 e. The SMILES string of the molecule is O[C@H]1CCNC[C@@H]1CCF. The zero-order valence-electron chi connectivity index (χ0n) is 6.02. The molecule has 1 rings (SSSR count). The molecule has 10 heavy (non-hydrogen) atoms. The molecule has 0 aliphatic carbocycles. The molecule has 0 saturated carbocycles. The van der Waals surface area contributed by atoms with Crippen molar-refractivity contribution < 1.29 is 9.50 Å². The van der Waals surface area contributed by atoms with Crippen molar-refractivity contribution in [2.24, 2.45) is 5.92 Å². The molecule has 1 heterocycles. The van der Waals surface area contributed by atoms with E-state index in [0.29, 0.717) is 6.42 Å². The minimum Gasteiger partial charge on any atom is -0.393 e. The van der Waals surface area contributed by atoms with Crippen LogP contribution in [0.25, 0.3) is 0 Å². The molecule has 1 aliphatic heterocycles. The number of halogens is 1. The molecule has 0 aromatic rings. The Morgan fingerprint density at radius 3 is 3.00 bits per heavy atom. The summed E-state index contributed by atoms with van der Waals surface area (Å²) in [5, 5.41) is 12.4. The number of nitrogens with one attached hydrogen (secondary N) is 1. The Labute approximate surface area is 60.4 Å². The third-order valence-corrected chi connectivity index (χ3v) is 2.05. The van der Waals surface area contributed by atoms with E-state index in [1.54, 1.807) is 0 Å². The maximum absolute atomic E-state index is 11.8. The van der Waals surface area contributed by atoms with Crippen LogP contribution in [0.3, 0.4) is 0 Å². The Balaban J connectivity index is 2.25. The van der Waals surface area contributed by atoms with Crippen LogP contribution in [0.15, 0.2) is 0 Å². The molecule has 60 valence electrons. The van der Waals surface area contributed by atoms with Crippen molar-refractivity contribution in [3.63, 3.8) is 0 Å². The summed E-state index contributed by atoms with van der Waals surface area (Å²) in [5.74, 6) is 0.138. The predicted octanol–water partition coefficient (Wildman–Crippen LogP) is 0.316. The number of alkyl halides is 1. The van der Waals surface area contributed by atoms with Crippen LogP contribution in [0.4, 0.5) is 4.39 Å². The number of aliphatic hydroxyl groups is 1. The topological polar surface area (TPSA) is 32.3 Å². The van der Waals surface area contributed by atoms with E-state index in [4.69, 9.17) is 0 Å². The van der Waals surface area contributed by atoms with Gasteiger partial charge < -0.3 is 10.4 Å². The summed E-state index contributed by atoms with van der Waals surface area (Å²) >= 11 is 0. The van der Waals surface area contributed by atoms with Gasteiger partial charge in [0.1, 0.15) is 0 Å². The number of rotatable bonds is 2. The van der Waals surface area contributed by atoms with Crippen molar-refractivity contribution >= 4 is 0 Å². The molecule has 0 bridgehead atoms. The molecule has 0 aromatic carbocycles. The molecule has 2 N–H and O–H groups in total. The molecule has 0 spiro atoms. The first-order valence-corrected chi connectivity index (χ1v) is 3.79. The van der Waals surface area contributed by atoms with E-state index in [-0.39, 0.29) is 18.7 Å². The van der Waals surface area contributed by atoms with Gasteiger partial charge >= 0.3 is 0 Å². The maximum atomic E-state index is 11.8. The van der Waals surface area contributed by atoms with Crippen LogP contribution in [-0.4, -0.2) is 31.0 Å². The first-order valence-electron chi connectivity index (χ1n) is 3.79. The second-order valence-electron chi connectivity index (χ2n) is 2.80. The first kappa shape index (κ1) is 7.95. The minimum atomic E-state index is -0.316. The van der Waals surface area contributed by atoms with Gasteiger partial charge in [0, 0.05) is 6.54 Å². The zero-order chi connectivity index (χ0) is 7.40. The van der Waals surface area contributed by atoms with Gasteiger partial charge in [-0.1, -0.05) is 0 Å². The van der Waals surface area contributed by atoms with Crippen LogP contribution in [0, 0.1) is 5.92 Å². The summed E-state index contributed by atoms with van der Waals surface area (Å²) in [6, 6.07) is 0. The molecule has 0 unspecified atom stereocenters. The molecule has 2 atom stereocenters. The van der Waals surface area contributed by atoms with Crippen molar-refractivity contribution in [2.45, 2.75) is 18.9 Å². The average molecular weight is 147 g/mol. The quantitative estimate of drug-likeness (QED) is 0.589. The highest BCUT2D eigenvalue weighted by Gasteiger charge is 2.21. The Kier molecular flexibility index (Phi) is 3.09. The smallest absolute Gasteiger partial charge is 0.0898 e. The number of hydrogen-bond donors (Lipinski definition) is 2. The minimum absolute atomic E-state index is 0.138. The molecule has 2 nitrogen and oxygen atoms in total. The molecule has 0 amide bonds. The van der Waals surface area contributed by atoms with E-state index in [1.807, 2.05) is 0 Å². The molecule has 1 aliphatic rings. The van der Waals surface area contributed by atoms with Crippen molar-refractivity contribution in [1.82, 2.24) is 5.32 Å². The standard InChI is InChI=1S/C7H14FNO/c8-3-1-6-5-9-4-2-7(6)10/h6-7,9-10H,1-5H2/t6-,7-/m0/s1. The summed E-state index contributed by atoms with van der Waals surface area (Å²) in [6.45, 7) is 1.32. The van der Waals surface area contributed by atoms with Gasteiger partial charge in [-0.25, -0.2) is 0 Å². The van der Waals surface area contributed by atoms with Crippen molar-refractivity contribution in [1.29, 1.82) is 0 Å². The van der Waals surface area contributed by atoms with Gasteiger partial charge in [0.25, 0.3) is 0 Å². The van der Waals surface area contributed by atoms with Gasteiger partial charge in [-0.2, -0.15) is 0 Å². The molecule has 0 radical (unpaired) electrons. The van der Waals surface area contributed by atoms with Crippen molar-refractivity contribution in [3.8, 4) is 0 Å². The van der Waals surface area contributed by atoms with Crippen LogP contribution in [0.5, 0.6) is 0 Å². The van der Waals surface area contributed by atoms with Crippen molar-refractivity contribution in [2.75, 3.05) is 19.8 Å². The van der Waals surface area contributed by atoms with Gasteiger partial charge in [-0.05, 0) is 25.3 Å². The highest BCUT2D eigenvalue weighted by Crippen LogP contribution is 2.14. The molecular weight excluding hydrogens is 133 g/mol. The van der Waals surface area contributed by atoms with E-state index >= 15 is 0 Å². The number of piperidine rings is 1. The summed E-state index contributed by atoms with van der Waals surface area (Å²) in [4.78, 5) is 0. The lowest BCUT2D eigenvalue weighted by molar-refractivity contribution is 0.0707. The lowest BCUT2D eigenvalue weighted by Gasteiger charge is -2.27. The monoisotopic (exact) mass is 147 g/mol. The van der Waals surface area contributed by atoms with Crippen LogP contribution in [0.2, 0.25) is 0 Å². The molecular formula is C7H14FNO.